The molecule has 4 aromatic carbocycles. The number of aliphatic hydroxyl groups excluding tert-OH is 1. The molecule has 2 atom stereocenters. The van der Waals surface area contributed by atoms with Crippen LogP contribution in [0.3, 0.4) is 0 Å². The highest BCUT2D eigenvalue weighted by atomic mass is 16.6. The number of imidazole rings is 1. The third kappa shape index (κ3) is 9.86. The standard InChI is InChI=1S/C45H50N6O7/c1-30(2)11-24-40(53)46-25-32-12-14-33(15-13-32)44(54)50-42-41-43(48-27-47-42)51(28-49-41)29-57-39(31(3)52)26-58-45(34-9-7-6-8-10-34,35-16-20-37(55-4)21-17-35)36-18-22-38(56-5)23-19-36/h6-10,12-23,27-28,30-31,39,52H,11,24-26,29H2,1-5H3,(H,46,53)(H,47,48,50,54)/t31?,39-/m1/s1. The number of rotatable bonds is 19. The smallest absolute Gasteiger partial charge is 0.256 e. The Hall–Kier alpha value is -6.15. The Bertz CT molecular complexity index is 2200. The SMILES string of the molecule is COc1ccc(C(OC[C@@H](OCn2cnc3c(NC(=O)c4ccc(CNC(=O)CCC(C)C)cc4)ncnc32)C(C)O)(c2ccccc2)c2ccc(OC)cc2)cc1. The molecule has 1 unspecified atom stereocenters. The fraction of sp³-hybridized carbons (Fsp3) is 0.311. The largest absolute Gasteiger partial charge is 0.497 e. The predicted molar refractivity (Wildman–Crippen MR) is 220 cm³/mol. The van der Waals surface area contributed by atoms with Crippen molar-refractivity contribution in [3.05, 3.63) is 144 Å². The molecule has 2 aromatic heterocycles. The minimum absolute atomic E-state index is 0.00222. The molecule has 2 amide bonds. The summed E-state index contributed by atoms with van der Waals surface area (Å²) in [6.45, 7) is 6.17. The summed E-state index contributed by atoms with van der Waals surface area (Å²) in [5.41, 5.74) is 3.54. The first kappa shape index (κ1) is 41.5. The molecule has 13 nitrogen and oxygen atoms in total. The van der Waals surface area contributed by atoms with Crippen LogP contribution in [0.15, 0.2) is 116 Å². The quantitative estimate of drug-likeness (QED) is 0.0740. The van der Waals surface area contributed by atoms with Crippen molar-refractivity contribution < 1.29 is 33.6 Å². The molecule has 58 heavy (non-hydrogen) atoms. The van der Waals surface area contributed by atoms with Crippen LogP contribution < -0.4 is 20.1 Å². The summed E-state index contributed by atoms with van der Waals surface area (Å²) >= 11 is 0. The molecule has 0 bridgehead atoms. The average Bonchev–Trinajstić information content (AvgIpc) is 3.68. The molecule has 0 aliphatic carbocycles. The number of fused-ring (bicyclic) bond motifs is 1. The topological polar surface area (TPSA) is 159 Å². The van der Waals surface area contributed by atoms with Gasteiger partial charge >= 0.3 is 0 Å². The van der Waals surface area contributed by atoms with Gasteiger partial charge in [-0.2, -0.15) is 0 Å². The van der Waals surface area contributed by atoms with Gasteiger partial charge in [0.15, 0.2) is 17.0 Å². The molecule has 3 N–H and O–H groups in total. The van der Waals surface area contributed by atoms with Crippen LogP contribution in [0, 0.1) is 5.92 Å². The molecule has 0 saturated heterocycles. The number of ether oxygens (including phenoxy) is 4. The zero-order chi connectivity index (χ0) is 41.1. The maximum Gasteiger partial charge on any atom is 0.256 e. The molecule has 0 aliphatic heterocycles. The molecule has 13 heteroatoms. The number of anilines is 1. The Morgan fingerprint density at radius 3 is 2.00 bits per heavy atom. The van der Waals surface area contributed by atoms with Crippen LogP contribution in [0.25, 0.3) is 11.2 Å². The number of nitrogens with zero attached hydrogens (tertiary/aromatic N) is 4. The van der Waals surface area contributed by atoms with Crippen molar-refractivity contribution in [1.29, 1.82) is 0 Å². The van der Waals surface area contributed by atoms with Crippen LogP contribution >= 0.6 is 0 Å². The molecule has 0 aliphatic rings. The number of hydrogen-bond acceptors (Lipinski definition) is 10. The van der Waals surface area contributed by atoms with E-state index < -0.39 is 17.8 Å². The lowest BCUT2D eigenvalue weighted by atomic mass is 9.80. The minimum Gasteiger partial charge on any atom is -0.497 e. The van der Waals surface area contributed by atoms with Crippen LogP contribution in [0.1, 0.15) is 66.2 Å². The van der Waals surface area contributed by atoms with E-state index in [-0.39, 0.29) is 31.0 Å². The van der Waals surface area contributed by atoms with Crippen molar-refractivity contribution in [3.8, 4) is 11.5 Å². The molecule has 302 valence electrons. The second kappa shape index (κ2) is 19.3. The first-order valence-electron chi connectivity index (χ1n) is 19.2. The summed E-state index contributed by atoms with van der Waals surface area (Å²) in [6, 6.07) is 32.3. The van der Waals surface area contributed by atoms with Crippen LogP contribution in [-0.2, 0) is 33.1 Å². The number of benzene rings is 4. The third-order valence-corrected chi connectivity index (χ3v) is 9.89. The van der Waals surface area contributed by atoms with E-state index in [0.29, 0.717) is 47.1 Å². The summed E-state index contributed by atoms with van der Waals surface area (Å²) in [6.07, 6.45) is 2.49. The van der Waals surface area contributed by atoms with Gasteiger partial charge < -0.3 is 34.7 Å². The van der Waals surface area contributed by atoms with Crippen molar-refractivity contribution >= 4 is 28.8 Å². The van der Waals surface area contributed by atoms with Gasteiger partial charge in [-0.05, 0) is 77.9 Å². The first-order chi connectivity index (χ1) is 28.1. The summed E-state index contributed by atoms with van der Waals surface area (Å²) < 4.78 is 25.9. The van der Waals surface area contributed by atoms with E-state index in [0.717, 1.165) is 28.7 Å². The first-order valence-corrected chi connectivity index (χ1v) is 19.2. The number of methoxy groups -OCH3 is 2. The molecule has 6 rings (SSSR count). The van der Waals surface area contributed by atoms with E-state index in [9.17, 15) is 14.7 Å². The van der Waals surface area contributed by atoms with Gasteiger partial charge in [0.25, 0.3) is 5.91 Å². The van der Waals surface area contributed by atoms with Gasteiger partial charge in [-0.15, -0.1) is 0 Å². The summed E-state index contributed by atoms with van der Waals surface area (Å²) in [5, 5.41) is 16.8. The lowest BCUT2D eigenvalue weighted by Crippen LogP contribution is -2.39. The van der Waals surface area contributed by atoms with Crippen molar-refractivity contribution in [1.82, 2.24) is 24.8 Å². The van der Waals surface area contributed by atoms with Crippen LogP contribution in [0.4, 0.5) is 5.82 Å². The fourth-order valence-corrected chi connectivity index (χ4v) is 6.51. The van der Waals surface area contributed by atoms with Crippen LogP contribution in [-0.4, -0.2) is 69.5 Å². The Labute approximate surface area is 338 Å². The van der Waals surface area contributed by atoms with E-state index in [1.807, 2.05) is 78.9 Å². The minimum atomic E-state index is -1.11. The van der Waals surface area contributed by atoms with Crippen molar-refractivity contribution in [2.24, 2.45) is 5.92 Å². The van der Waals surface area contributed by atoms with E-state index in [4.69, 9.17) is 18.9 Å². The second-order valence-electron chi connectivity index (χ2n) is 14.4. The van der Waals surface area contributed by atoms with E-state index in [2.05, 4.69) is 39.4 Å². The predicted octanol–water partition coefficient (Wildman–Crippen LogP) is 6.88. The lowest BCUT2D eigenvalue weighted by Gasteiger charge is -2.37. The summed E-state index contributed by atoms with van der Waals surface area (Å²) in [5.74, 6) is 1.73. The lowest BCUT2D eigenvalue weighted by molar-refractivity contribution is -0.121. The normalized spacial score (nSPS) is 12.6. The monoisotopic (exact) mass is 786 g/mol. The second-order valence-corrected chi connectivity index (χ2v) is 14.4. The maximum absolute atomic E-state index is 13.3. The van der Waals surface area contributed by atoms with E-state index in [1.54, 1.807) is 56.3 Å². The fourth-order valence-electron chi connectivity index (χ4n) is 6.51. The molecule has 0 radical (unpaired) electrons. The van der Waals surface area contributed by atoms with Crippen LogP contribution in [0.2, 0.25) is 0 Å². The molecule has 0 saturated carbocycles. The van der Waals surface area contributed by atoms with Gasteiger partial charge in [-0.25, -0.2) is 15.0 Å². The van der Waals surface area contributed by atoms with Gasteiger partial charge in [-0.3, -0.25) is 14.2 Å². The van der Waals surface area contributed by atoms with Gasteiger partial charge in [0, 0.05) is 18.5 Å². The van der Waals surface area contributed by atoms with Gasteiger partial charge in [-0.1, -0.05) is 80.6 Å². The Kier molecular flexibility index (Phi) is 13.8. The Balaban J connectivity index is 1.17. The van der Waals surface area contributed by atoms with Crippen molar-refractivity contribution in [2.75, 3.05) is 26.1 Å². The number of carbonyl (C=O) groups is 2. The Morgan fingerprint density at radius 1 is 0.793 bits per heavy atom. The van der Waals surface area contributed by atoms with Crippen molar-refractivity contribution in [2.45, 2.75) is 64.7 Å². The van der Waals surface area contributed by atoms with Gasteiger partial charge in [0.05, 0.1) is 33.3 Å². The third-order valence-electron chi connectivity index (χ3n) is 9.89. The molecule has 2 heterocycles. The molecule has 0 spiro atoms. The Morgan fingerprint density at radius 2 is 1.41 bits per heavy atom. The molecular formula is C45H50N6O7. The number of aliphatic hydroxyl groups is 1. The highest BCUT2D eigenvalue weighted by Crippen LogP contribution is 2.42. The van der Waals surface area contributed by atoms with Crippen LogP contribution in [0.5, 0.6) is 11.5 Å². The molecule has 6 aromatic rings. The van der Waals surface area contributed by atoms with Crippen molar-refractivity contribution in [3.63, 3.8) is 0 Å². The number of nitrogens with one attached hydrogen (secondary N) is 2. The van der Waals surface area contributed by atoms with E-state index >= 15 is 0 Å². The zero-order valence-corrected chi connectivity index (χ0v) is 33.4. The van der Waals surface area contributed by atoms with E-state index in [1.165, 1.54) is 6.33 Å². The van der Waals surface area contributed by atoms with Gasteiger partial charge in [0.2, 0.25) is 5.91 Å². The number of carbonyl (C=O) groups excluding carboxylic acids is 2. The summed E-state index contributed by atoms with van der Waals surface area (Å²) in [4.78, 5) is 38.6. The summed E-state index contributed by atoms with van der Waals surface area (Å²) in [7, 11) is 3.24. The van der Waals surface area contributed by atoms with Gasteiger partial charge in [0.1, 0.15) is 36.3 Å². The molecule has 0 fully saturated rings. The number of amides is 2. The maximum atomic E-state index is 13.3. The highest BCUT2D eigenvalue weighted by molar-refractivity contribution is 6.06. The average molecular weight is 787 g/mol. The number of aromatic nitrogens is 4. The highest BCUT2D eigenvalue weighted by Gasteiger charge is 2.39. The zero-order valence-electron chi connectivity index (χ0n) is 33.4. The molecular weight excluding hydrogens is 737 g/mol. The number of hydrogen-bond donors (Lipinski definition) is 3.